The Balaban J connectivity index is 1.48. The van der Waals surface area contributed by atoms with Crippen LogP contribution in [0.3, 0.4) is 0 Å². The molecule has 1 N–H and O–H groups in total. The van der Waals surface area contributed by atoms with Crippen LogP contribution in [0.4, 0.5) is 17.1 Å². The van der Waals surface area contributed by atoms with E-state index in [2.05, 4.69) is 26.7 Å². The van der Waals surface area contributed by atoms with E-state index in [1.807, 2.05) is 23.1 Å². The van der Waals surface area contributed by atoms with Crippen LogP contribution < -0.4 is 14.4 Å². The first-order valence-electron chi connectivity index (χ1n) is 10.7. The summed E-state index contributed by atoms with van der Waals surface area (Å²) in [7, 11) is -2.59. The summed E-state index contributed by atoms with van der Waals surface area (Å²) in [6, 6.07) is 17.2. The van der Waals surface area contributed by atoms with Crippen molar-refractivity contribution in [1.82, 2.24) is 9.88 Å². The third-order valence-corrected chi connectivity index (χ3v) is 6.99. The van der Waals surface area contributed by atoms with Crippen LogP contribution in [0.2, 0.25) is 0 Å². The topological polar surface area (TPSA) is 118 Å². The first-order chi connectivity index (χ1) is 16.4. The van der Waals surface area contributed by atoms with Crippen LogP contribution in [0, 0.1) is 10.1 Å². The summed E-state index contributed by atoms with van der Waals surface area (Å²) in [4.78, 5) is 19.3. The summed E-state index contributed by atoms with van der Waals surface area (Å²) in [5.41, 5.74) is 1.61. The van der Waals surface area contributed by atoms with Gasteiger partial charge >= 0.3 is 0 Å². The number of hydrogen-bond donors (Lipinski definition) is 1. The zero-order chi connectivity index (χ0) is 24.1. The molecule has 0 bridgehead atoms. The average molecular weight is 484 g/mol. The first-order valence-corrected chi connectivity index (χ1v) is 12.2. The predicted octanol–water partition coefficient (Wildman–Crippen LogP) is 3.12. The Morgan fingerprint density at radius 2 is 1.79 bits per heavy atom. The molecule has 0 unspecified atom stereocenters. The van der Waals surface area contributed by atoms with E-state index < -0.39 is 14.9 Å². The number of nitro benzene ring substituents is 1. The summed E-state index contributed by atoms with van der Waals surface area (Å²) < 4.78 is 33.0. The molecule has 0 atom stereocenters. The molecular weight excluding hydrogens is 458 g/mol. The number of hydrogen-bond acceptors (Lipinski definition) is 8. The minimum atomic E-state index is -4.04. The Hall–Kier alpha value is -3.70. The van der Waals surface area contributed by atoms with Crippen molar-refractivity contribution in [3.8, 4) is 5.88 Å². The van der Waals surface area contributed by atoms with Crippen LogP contribution in [-0.2, 0) is 16.6 Å². The van der Waals surface area contributed by atoms with Crippen molar-refractivity contribution in [2.45, 2.75) is 11.4 Å². The zero-order valence-electron chi connectivity index (χ0n) is 18.6. The fourth-order valence-corrected chi connectivity index (χ4v) is 4.91. The van der Waals surface area contributed by atoms with Crippen LogP contribution >= 0.6 is 0 Å². The van der Waals surface area contributed by atoms with Crippen LogP contribution in [0.1, 0.15) is 5.56 Å². The van der Waals surface area contributed by atoms with Gasteiger partial charge in [0.05, 0.1) is 28.8 Å². The molecule has 10 nitrogen and oxygen atoms in total. The molecule has 3 aromatic rings. The molecule has 0 aliphatic carbocycles. The molecule has 1 aliphatic rings. The SMILES string of the molecule is COc1ccc(NS(=O)(=O)c2ccc(N3CCN(Cc4ccccc4)CC3)c([N+](=O)[O-])c2)cn1. The van der Waals surface area contributed by atoms with E-state index in [-0.39, 0.29) is 16.3 Å². The lowest BCUT2D eigenvalue weighted by Crippen LogP contribution is -2.46. The fourth-order valence-electron chi connectivity index (χ4n) is 3.85. The lowest BCUT2D eigenvalue weighted by Gasteiger charge is -2.35. The minimum Gasteiger partial charge on any atom is -0.481 e. The summed E-state index contributed by atoms with van der Waals surface area (Å²) in [5.74, 6) is 0.340. The lowest BCUT2D eigenvalue weighted by atomic mass is 10.2. The van der Waals surface area contributed by atoms with Gasteiger partial charge in [0.2, 0.25) is 5.88 Å². The van der Waals surface area contributed by atoms with Gasteiger partial charge in [-0.15, -0.1) is 0 Å². The van der Waals surface area contributed by atoms with Crippen molar-refractivity contribution in [2.75, 3.05) is 42.9 Å². The quantitative estimate of drug-likeness (QED) is 0.384. The van der Waals surface area contributed by atoms with Crippen LogP contribution in [0.5, 0.6) is 5.88 Å². The number of benzene rings is 2. The number of piperazine rings is 1. The highest BCUT2D eigenvalue weighted by molar-refractivity contribution is 7.92. The monoisotopic (exact) mass is 483 g/mol. The smallest absolute Gasteiger partial charge is 0.293 e. The number of methoxy groups -OCH3 is 1. The van der Waals surface area contributed by atoms with Crippen molar-refractivity contribution >= 4 is 27.1 Å². The number of nitrogens with zero attached hydrogens (tertiary/aromatic N) is 4. The molecule has 4 rings (SSSR count). The van der Waals surface area contributed by atoms with E-state index in [4.69, 9.17) is 4.74 Å². The van der Waals surface area contributed by atoms with Gasteiger partial charge in [0.1, 0.15) is 5.69 Å². The van der Waals surface area contributed by atoms with Gasteiger partial charge in [0, 0.05) is 44.9 Å². The van der Waals surface area contributed by atoms with Gasteiger partial charge in [0.15, 0.2) is 0 Å². The number of nitro groups is 1. The molecule has 1 aliphatic heterocycles. The molecule has 11 heteroatoms. The van der Waals surface area contributed by atoms with E-state index in [0.717, 1.165) is 25.7 Å². The Labute approximate surface area is 198 Å². The highest BCUT2D eigenvalue weighted by Crippen LogP contribution is 2.32. The average Bonchev–Trinajstić information content (AvgIpc) is 2.85. The summed E-state index contributed by atoms with van der Waals surface area (Å²) in [5, 5.41) is 11.8. The van der Waals surface area contributed by atoms with E-state index in [0.29, 0.717) is 24.7 Å². The number of sulfonamides is 1. The maximum atomic E-state index is 12.8. The Morgan fingerprint density at radius 3 is 2.41 bits per heavy atom. The number of rotatable bonds is 8. The third kappa shape index (κ3) is 5.43. The predicted molar refractivity (Wildman–Crippen MR) is 129 cm³/mol. The zero-order valence-corrected chi connectivity index (χ0v) is 19.4. The second-order valence-corrected chi connectivity index (χ2v) is 9.53. The molecule has 1 saturated heterocycles. The van der Waals surface area contributed by atoms with Crippen molar-refractivity contribution in [1.29, 1.82) is 0 Å². The fraction of sp³-hybridized carbons (Fsp3) is 0.261. The van der Waals surface area contributed by atoms with E-state index in [9.17, 15) is 18.5 Å². The Morgan fingerprint density at radius 1 is 1.06 bits per heavy atom. The Kier molecular flexibility index (Phi) is 6.94. The first kappa shape index (κ1) is 23.5. The maximum Gasteiger partial charge on any atom is 0.293 e. The normalized spacial score (nSPS) is 14.6. The summed E-state index contributed by atoms with van der Waals surface area (Å²) in [6.45, 7) is 3.53. The standard InChI is InChI=1S/C23H25N5O5S/c1-33-23-10-7-19(16-24-23)25-34(31,32)20-8-9-21(22(15-20)28(29)30)27-13-11-26(12-14-27)17-18-5-3-2-4-6-18/h2-10,15-16,25H,11-14,17H2,1H3. The van der Waals surface area contributed by atoms with Crippen molar-refractivity contribution in [3.05, 3.63) is 82.5 Å². The van der Waals surface area contributed by atoms with Crippen molar-refractivity contribution in [2.24, 2.45) is 0 Å². The van der Waals surface area contributed by atoms with E-state index in [1.54, 1.807) is 0 Å². The number of ether oxygens (including phenoxy) is 1. The van der Waals surface area contributed by atoms with E-state index >= 15 is 0 Å². The maximum absolute atomic E-state index is 12.8. The summed E-state index contributed by atoms with van der Waals surface area (Å²) >= 11 is 0. The molecule has 0 radical (unpaired) electrons. The third-order valence-electron chi connectivity index (χ3n) is 5.61. The lowest BCUT2D eigenvalue weighted by molar-refractivity contribution is -0.384. The number of nitrogens with one attached hydrogen (secondary N) is 1. The van der Waals surface area contributed by atoms with Gasteiger partial charge in [0.25, 0.3) is 15.7 Å². The van der Waals surface area contributed by atoms with Gasteiger partial charge in [-0.05, 0) is 23.8 Å². The molecule has 178 valence electrons. The summed E-state index contributed by atoms with van der Waals surface area (Å²) in [6.07, 6.45) is 1.31. The second kappa shape index (κ2) is 10.1. The number of pyridine rings is 1. The van der Waals surface area contributed by atoms with Crippen molar-refractivity contribution in [3.63, 3.8) is 0 Å². The van der Waals surface area contributed by atoms with Gasteiger partial charge in [-0.1, -0.05) is 30.3 Å². The molecule has 0 amide bonds. The van der Waals surface area contributed by atoms with Crippen molar-refractivity contribution < 1.29 is 18.1 Å². The van der Waals surface area contributed by atoms with Crippen LogP contribution in [0.15, 0.2) is 71.8 Å². The van der Waals surface area contributed by atoms with E-state index in [1.165, 1.54) is 43.1 Å². The highest BCUT2D eigenvalue weighted by atomic mass is 32.2. The molecule has 2 heterocycles. The number of aromatic nitrogens is 1. The van der Waals surface area contributed by atoms with Crippen LogP contribution in [0.25, 0.3) is 0 Å². The molecular formula is C23H25N5O5S. The minimum absolute atomic E-state index is 0.193. The molecule has 34 heavy (non-hydrogen) atoms. The molecule has 1 fully saturated rings. The molecule has 0 spiro atoms. The van der Waals surface area contributed by atoms with Gasteiger partial charge < -0.3 is 9.64 Å². The molecule has 0 saturated carbocycles. The highest BCUT2D eigenvalue weighted by Gasteiger charge is 2.27. The van der Waals surface area contributed by atoms with Crippen LogP contribution in [-0.4, -0.2) is 56.5 Å². The number of anilines is 2. The second-order valence-electron chi connectivity index (χ2n) is 7.85. The Bertz CT molecular complexity index is 1240. The molecule has 2 aromatic carbocycles. The van der Waals surface area contributed by atoms with Gasteiger partial charge in [-0.2, -0.15) is 0 Å². The van der Waals surface area contributed by atoms with Gasteiger partial charge in [-0.3, -0.25) is 19.7 Å². The largest absolute Gasteiger partial charge is 0.481 e. The molecule has 1 aromatic heterocycles. The van der Waals surface area contributed by atoms with Gasteiger partial charge in [-0.25, -0.2) is 13.4 Å².